The van der Waals surface area contributed by atoms with Crippen molar-refractivity contribution in [1.29, 1.82) is 0 Å². The number of hydrogen-bond acceptors (Lipinski definition) is 4. The lowest BCUT2D eigenvalue weighted by Crippen LogP contribution is -2.25. The molecule has 0 bridgehead atoms. The molecule has 2 aromatic carbocycles. The SMILES string of the molecule is COC(=O)c1ccc2c3ccccc3c(=O)n(OC)c2c1. The number of rotatable bonds is 2. The van der Waals surface area contributed by atoms with Gasteiger partial charge in [-0.2, -0.15) is 0 Å². The van der Waals surface area contributed by atoms with Crippen LogP contribution in [0.2, 0.25) is 0 Å². The Kier molecular flexibility index (Phi) is 3.10. The van der Waals surface area contributed by atoms with Crippen molar-refractivity contribution in [1.82, 2.24) is 4.73 Å². The van der Waals surface area contributed by atoms with Gasteiger partial charge in [0.15, 0.2) is 0 Å². The molecular formula is C16H13NO4. The summed E-state index contributed by atoms with van der Waals surface area (Å²) in [5, 5.41) is 2.22. The van der Waals surface area contributed by atoms with Gasteiger partial charge >= 0.3 is 5.97 Å². The summed E-state index contributed by atoms with van der Waals surface area (Å²) in [6.45, 7) is 0. The van der Waals surface area contributed by atoms with E-state index in [9.17, 15) is 9.59 Å². The maximum atomic E-state index is 12.4. The highest BCUT2D eigenvalue weighted by atomic mass is 16.6. The molecule has 0 unspecified atom stereocenters. The first-order chi connectivity index (χ1) is 10.2. The number of carbonyl (C=O) groups excluding carboxylic acids is 1. The molecular weight excluding hydrogens is 270 g/mol. The first-order valence-corrected chi connectivity index (χ1v) is 6.37. The van der Waals surface area contributed by atoms with Crippen LogP contribution in [0.15, 0.2) is 47.3 Å². The van der Waals surface area contributed by atoms with Crippen LogP contribution in [-0.4, -0.2) is 24.9 Å². The van der Waals surface area contributed by atoms with E-state index in [-0.39, 0.29) is 5.56 Å². The number of fused-ring (bicyclic) bond motifs is 3. The summed E-state index contributed by atoms with van der Waals surface area (Å²) < 4.78 is 5.89. The van der Waals surface area contributed by atoms with Crippen LogP contribution >= 0.6 is 0 Å². The van der Waals surface area contributed by atoms with Crippen molar-refractivity contribution in [3.05, 3.63) is 58.4 Å². The molecule has 0 saturated carbocycles. The van der Waals surface area contributed by atoms with E-state index in [2.05, 4.69) is 0 Å². The molecule has 21 heavy (non-hydrogen) atoms. The van der Waals surface area contributed by atoms with Crippen LogP contribution in [0.4, 0.5) is 0 Å². The van der Waals surface area contributed by atoms with E-state index in [1.165, 1.54) is 19.0 Å². The minimum absolute atomic E-state index is 0.261. The highest BCUT2D eigenvalue weighted by Crippen LogP contribution is 2.23. The molecule has 0 saturated heterocycles. The smallest absolute Gasteiger partial charge is 0.337 e. The highest BCUT2D eigenvalue weighted by molar-refractivity contribution is 6.07. The molecule has 0 radical (unpaired) electrons. The topological polar surface area (TPSA) is 57.5 Å². The molecule has 0 aliphatic heterocycles. The Morgan fingerprint density at radius 3 is 2.38 bits per heavy atom. The monoisotopic (exact) mass is 283 g/mol. The molecule has 0 amide bonds. The van der Waals surface area contributed by atoms with Crippen molar-refractivity contribution in [2.24, 2.45) is 0 Å². The first-order valence-electron chi connectivity index (χ1n) is 6.37. The van der Waals surface area contributed by atoms with Gasteiger partial charge in [0.1, 0.15) is 7.11 Å². The largest absolute Gasteiger partial charge is 0.465 e. The van der Waals surface area contributed by atoms with E-state index in [4.69, 9.17) is 9.57 Å². The summed E-state index contributed by atoms with van der Waals surface area (Å²) in [5.74, 6) is -0.458. The van der Waals surface area contributed by atoms with Crippen LogP contribution < -0.4 is 10.4 Å². The molecule has 0 atom stereocenters. The summed E-state index contributed by atoms with van der Waals surface area (Å²) in [4.78, 5) is 29.3. The van der Waals surface area contributed by atoms with Gasteiger partial charge in [-0.25, -0.2) is 4.79 Å². The molecule has 5 heteroatoms. The highest BCUT2D eigenvalue weighted by Gasteiger charge is 2.13. The number of nitrogens with zero attached hydrogens (tertiary/aromatic N) is 1. The standard InChI is InChI=1S/C16H13NO4/c1-20-16(19)10-7-8-12-11-5-3-4-6-13(11)15(18)17(21-2)14(12)9-10/h3-9H,1-2H3. The van der Waals surface area contributed by atoms with Crippen molar-refractivity contribution in [3.63, 3.8) is 0 Å². The summed E-state index contributed by atoms with van der Waals surface area (Å²) in [5.41, 5.74) is 0.636. The molecule has 3 rings (SSSR count). The van der Waals surface area contributed by atoms with Crippen LogP contribution in [-0.2, 0) is 4.74 Å². The van der Waals surface area contributed by atoms with Gasteiger partial charge < -0.3 is 9.57 Å². The van der Waals surface area contributed by atoms with Crippen molar-refractivity contribution in [3.8, 4) is 0 Å². The molecule has 0 aliphatic carbocycles. The van der Waals surface area contributed by atoms with Crippen LogP contribution in [0.3, 0.4) is 0 Å². The molecule has 0 N–H and O–H groups in total. The third-order valence-corrected chi connectivity index (χ3v) is 3.45. The normalized spacial score (nSPS) is 10.8. The number of hydrogen-bond donors (Lipinski definition) is 0. The van der Waals surface area contributed by atoms with Crippen LogP contribution in [0, 0.1) is 0 Å². The number of carbonyl (C=O) groups is 1. The van der Waals surface area contributed by atoms with Gasteiger partial charge in [-0.3, -0.25) is 4.79 Å². The molecule has 106 valence electrons. The van der Waals surface area contributed by atoms with Gasteiger partial charge in [0.25, 0.3) is 5.56 Å². The molecule has 1 aromatic heterocycles. The first kappa shape index (κ1) is 13.2. The molecule has 0 spiro atoms. The van der Waals surface area contributed by atoms with E-state index in [1.807, 2.05) is 12.1 Å². The fraction of sp³-hybridized carbons (Fsp3) is 0.125. The van der Waals surface area contributed by atoms with E-state index in [0.717, 1.165) is 10.8 Å². The lowest BCUT2D eigenvalue weighted by molar-refractivity contribution is 0.0601. The summed E-state index contributed by atoms with van der Waals surface area (Å²) in [7, 11) is 2.73. The Morgan fingerprint density at radius 1 is 1.00 bits per heavy atom. The maximum Gasteiger partial charge on any atom is 0.337 e. The Balaban J connectivity index is 2.49. The van der Waals surface area contributed by atoms with E-state index >= 15 is 0 Å². The zero-order chi connectivity index (χ0) is 15.0. The van der Waals surface area contributed by atoms with Crippen LogP contribution in [0.25, 0.3) is 21.7 Å². The van der Waals surface area contributed by atoms with E-state index in [0.29, 0.717) is 16.5 Å². The summed E-state index contributed by atoms with van der Waals surface area (Å²) >= 11 is 0. The van der Waals surface area contributed by atoms with Crippen LogP contribution in [0.5, 0.6) is 0 Å². The zero-order valence-corrected chi connectivity index (χ0v) is 11.6. The van der Waals surface area contributed by atoms with Crippen molar-refractivity contribution in [2.75, 3.05) is 14.2 Å². The fourth-order valence-electron chi connectivity index (χ4n) is 2.48. The predicted molar refractivity (Wildman–Crippen MR) is 79.6 cm³/mol. The number of methoxy groups -OCH3 is 1. The second-order valence-electron chi connectivity index (χ2n) is 4.55. The number of benzene rings is 2. The van der Waals surface area contributed by atoms with Crippen molar-refractivity contribution in [2.45, 2.75) is 0 Å². The Labute approximate surface area is 120 Å². The summed E-state index contributed by atoms with van der Waals surface area (Å²) in [6, 6.07) is 12.4. The second kappa shape index (κ2) is 4.94. The minimum atomic E-state index is -0.458. The van der Waals surface area contributed by atoms with Gasteiger partial charge in [0, 0.05) is 5.39 Å². The quantitative estimate of drug-likeness (QED) is 0.533. The van der Waals surface area contributed by atoms with E-state index < -0.39 is 5.97 Å². The molecule has 3 aromatic rings. The molecule has 1 heterocycles. The van der Waals surface area contributed by atoms with Gasteiger partial charge in [-0.05, 0) is 23.6 Å². The Bertz CT molecular complexity index is 911. The molecule has 0 aliphatic rings. The predicted octanol–water partition coefficient (Wildman–Crippen LogP) is 2.00. The minimum Gasteiger partial charge on any atom is -0.465 e. The Morgan fingerprint density at radius 2 is 1.71 bits per heavy atom. The number of esters is 1. The third kappa shape index (κ3) is 1.94. The van der Waals surface area contributed by atoms with Gasteiger partial charge in [-0.15, -0.1) is 4.73 Å². The van der Waals surface area contributed by atoms with E-state index in [1.54, 1.807) is 30.3 Å². The summed E-state index contributed by atoms with van der Waals surface area (Å²) in [6.07, 6.45) is 0. The van der Waals surface area contributed by atoms with Crippen LogP contribution in [0.1, 0.15) is 10.4 Å². The zero-order valence-electron chi connectivity index (χ0n) is 11.6. The lowest BCUT2D eigenvalue weighted by Gasteiger charge is -2.12. The molecule has 5 nitrogen and oxygen atoms in total. The average Bonchev–Trinajstić information content (AvgIpc) is 2.54. The Hall–Kier alpha value is -2.82. The third-order valence-electron chi connectivity index (χ3n) is 3.45. The van der Waals surface area contributed by atoms with Gasteiger partial charge in [0.2, 0.25) is 0 Å². The fourth-order valence-corrected chi connectivity index (χ4v) is 2.48. The lowest BCUT2D eigenvalue weighted by atomic mass is 10.0. The van der Waals surface area contributed by atoms with Crippen molar-refractivity contribution < 1.29 is 14.4 Å². The van der Waals surface area contributed by atoms with Gasteiger partial charge in [-0.1, -0.05) is 24.3 Å². The number of pyridine rings is 1. The number of ether oxygens (including phenoxy) is 1. The van der Waals surface area contributed by atoms with Crippen molar-refractivity contribution >= 4 is 27.6 Å². The second-order valence-corrected chi connectivity index (χ2v) is 4.55. The molecule has 0 fully saturated rings. The number of aromatic nitrogens is 1. The average molecular weight is 283 g/mol. The van der Waals surface area contributed by atoms with Gasteiger partial charge in [0.05, 0.1) is 23.6 Å². The maximum absolute atomic E-state index is 12.4.